The summed E-state index contributed by atoms with van der Waals surface area (Å²) in [7, 11) is 0. The number of carbonyl (C=O) groups excluding carboxylic acids is 2. The van der Waals surface area contributed by atoms with Crippen LogP contribution in [0.15, 0.2) is 48.5 Å². The average molecular weight is 432 g/mol. The summed E-state index contributed by atoms with van der Waals surface area (Å²) in [5, 5.41) is 0. The van der Waals surface area contributed by atoms with Crippen molar-refractivity contribution >= 4 is 23.2 Å². The number of carbonyl (C=O) groups is 2. The molecule has 0 radical (unpaired) electrons. The van der Waals surface area contributed by atoms with E-state index in [0.717, 1.165) is 76.1 Å². The van der Waals surface area contributed by atoms with Crippen LogP contribution < -0.4 is 9.80 Å². The largest absolute Gasteiger partial charge is 0.312 e. The minimum absolute atomic E-state index is 0.0882. The SMILES string of the molecule is CC(=O)N1CCc2cc(N(C(=O)C3CC3)C3CCN(CCc4ccccc4)CC3)ccc21. The highest BCUT2D eigenvalue weighted by molar-refractivity contribution is 5.98. The van der Waals surface area contributed by atoms with Crippen molar-refractivity contribution < 1.29 is 9.59 Å². The van der Waals surface area contributed by atoms with Crippen molar-refractivity contribution in [2.24, 2.45) is 5.92 Å². The van der Waals surface area contributed by atoms with Crippen LogP contribution in [0.1, 0.15) is 43.7 Å². The first-order valence-corrected chi connectivity index (χ1v) is 12.1. The van der Waals surface area contributed by atoms with E-state index < -0.39 is 0 Å². The Bertz CT molecular complexity index is 978. The molecule has 2 fully saturated rings. The molecular weight excluding hydrogens is 398 g/mol. The Balaban J connectivity index is 1.28. The minimum atomic E-state index is 0.0882. The first kappa shape index (κ1) is 21.2. The van der Waals surface area contributed by atoms with Crippen LogP contribution in [0.25, 0.3) is 0 Å². The lowest BCUT2D eigenvalue weighted by atomic mass is 10.00. The molecule has 2 aliphatic heterocycles. The van der Waals surface area contributed by atoms with Gasteiger partial charge in [0, 0.05) is 56.4 Å². The number of benzene rings is 2. The molecule has 0 atom stereocenters. The van der Waals surface area contributed by atoms with Gasteiger partial charge in [0.2, 0.25) is 11.8 Å². The minimum Gasteiger partial charge on any atom is -0.312 e. The fraction of sp³-hybridized carbons (Fsp3) is 0.481. The zero-order valence-electron chi connectivity index (χ0n) is 19.0. The molecule has 5 nitrogen and oxygen atoms in total. The van der Waals surface area contributed by atoms with Crippen LogP contribution >= 0.6 is 0 Å². The molecule has 0 unspecified atom stereocenters. The second-order valence-electron chi connectivity index (χ2n) is 9.52. The lowest BCUT2D eigenvalue weighted by molar-refractivity contribution is -0.120. The molecule has 2 aromatic carbocycles. The van der Waals surface area contributed by atoms with Crippen LogP contribution in [0.5, 0.6) is 0 Å². The average Bonchev–Trinajstić information content (AvgIpc) is 3.58. The third-order valence-electron chi connectivity index (χ3n) is 7.26. The van der Waals surface area contributed by atoms with E-state index in [2.05, 4.69) is 52.3 Å². The van der Waals surface area contributed by atoms with Gasteiger partial charge in [-0.05, 0) is 67.9 Å². The summed E-state index contributed by atoms with van der Waals surface area (Å²) >= 11 is 0. The first-order chi connectivity index (χ1) is 15.6. The lowest BCUT2D eigenvalue weighted by Crippen LogP contribution is -2.48. The maximum Gasteiger partial charge on any atom is 0.230 e. The van der Waals surface area contributed by atoms with Crippen molar-refractivity contribution in [3.63, 3.8) is 0 Å². The van der Waals surface area contributed by atoms with Gasteiger partial charge in [0.1, 0.15) is 0 Å². The van der Waals surface area contributed by atoms with Gasteiger partial charge < -0.3 is 14.7 Å². The molecule has 1 saturated carbocycles. The molecule has 5 heteroatoms. The second kappa shape index (κ2) is 9.07. The summed E-state index contributed by atoms with van der Waals surface area (Å²) in [4.78, 5) is 31.7. The molecule has 168 valence electrons. The van der Waals surface area contributed by atoms with Crippen molar-refractivity contribution in [1.29, 1.82) is 0 Å². The van der Waals surface area contributed by atoms with Crippen LogP contribution in [-0.4, -0.2) is 48.9 Å². The van der Waals surface area contributed by atoms with Gasteiger partial charge in [-0.1, -0.05) is 30.3 Å². The van der Waals surface area contributed by atoms with E-state index in [0.29, 0.717) is 5.91 Å². The quantitative estimate of drug-likeness (QED) is 0.693. The summed E-state index contributed by atoms with van der Waals surface area (Å²) in [6.07, 6.45) is 6.02. The van der Waals surface area contributed by atoms with E-state index in [-0.39, 0.29) is 17.9 Å². The maximum absolute atomic E-state index is 13.3. The highest BCUT2D eigenvalue weighted by Crippen LogP contribution is 2.38. The normalized spacial score (nSPS) is 19.1. The summed E-state index contributed by atoms with van der Waals surface area (Å²) in [5.41, 5.74) is 4.61. The number of hydrogen-bond donors (Lipinski definition) is 0. The van der Waals surface area contributed by atoms with Crippen LogP contribution in [0.4, 0.5) is 11.4 Å². The van der Waals surface area contributed by atoms with Crippen LogP contribution in [-0.2, 0) is 22.4 Å². The fourth-order valence-corrected chi connectivity index (χ4v) is 5.24. The number of nitrogens with zero attached hydrogens (tertiary/aromatic N) is 3. The standard InChI is InChI=1S/C27H33N3O2/c1-20(31)29-18-12-23-19-25(9-10-26(23)29)30(27(32)22-7-8-22)24-13-16-28(17-14-24)15-11-21-5-3-2-4-6-21/h2-6,9-10,19,22,24H,7-8,11-18H2,1H3. The predicted molar refractivity (Wildman–Crippen MR) is 128 cm³/mol. The molecule has 1 saturated heterocycles. The highest BCUT2D eigenvalue weighted by Gasteiger charge is 2.38. The first-order valence-electron chi connectivity index (χ1n) is 12.1. The van der Waals surface area contributed by atoms with Crippen molar-refractivity contribution in [2.45, 2.75) is 51.5 Å². The smallest absolute Gasteiger partial charge is 0.230 e. The third-order valence-corrected chi connectivity index (χ3v) is 7.26. The molecule has 2 heterocycles. The second-order valence-corrected chi connectivity index (χ2v) is 9.52. The zero-order chi connectivity index (χ0) is 22.1. The summed E-state index contributed by atoms with van der Waals surface area (Å²) in [6.45, 7) is 5.51. The van der Waals surface area contributed by atoms with E-state index in [1.807, 2.05) is 11.0 Å². The number of anilines is 2. The topological polar surface area (TPSA) is 43.9 Å². The highest BCUT2D eigenvalue weighted by atomic mass is 16.2. The number of hydrogen-bond acceptors (Lipinski definition) is 3. The molecular formula is C27H33N3O2. The Morgan fingerprint density at radius 1 is 0.969 bits per heavy atom. The molecule has 2 amide bonds. The van der Waals surface area contributed by atoms with E-state index in [4.69, 9.17) is 0 Å². The Morgan fingerprint density at radius 3 is 2.41 bits per heavy atom. The van der Waals surface area contributed by atoms with Crippen LogP contribution in [0.2, 0.25) is 0 Å². The summed E-state index contributed by atoms with van der Waals surface area (Å²) < 4.78 is 0. The number of fused-ring (bicyclic) bond motifs is 1. The predicted octanol–water partition coefficient (Wildman–Crippen LogP) is 4.05. The van der Waals surface area contributed by atoms with Crippen molar-refractivity contribution in [2.75, 3.05) is 36.0 Å². The molecule has 0 spiro atoms. The van der Waals surface area contributed by atoms with Gasteiger partial charge in [0.25, 0.3) is 0 Å². The number of rotatable bonds is 6. The molecule has 5 rings (SSSR count). The van der Waals surface area contributed by atoms with Gasteiger partial charge in [-0.2, -0.15) is 0 Å². The summed E-state index contributed by atoms with van der Waals surface area (Å²) in [6, 6.07) is 17.2. The van der Waals surface area contributed by atoms with Gasteiger partial charge in [-0.25, -0.2) is 0 Å². The number of amides is 2. The lowest BCUT2D eigenvalue weighted by Gasteiger charge is -2.39. The van der Waals surface area contributed by atoms with Gasteiger partial charge in [0.15, 0.2) is 0 Å². The fourth-order valence-electron chi connectivity index (χ4n) is 5.24. The molecule has 1 aliphatic carbocycles. The van der Waals surface area contributed by atoms with Gasteiger partial charge in [-0.3, -0.25) is 9.59 Å². The van der Waals surface area contributed by atoms with Crippen molar-refractivity contribution in [3.05, 3.63) is 59.7 Å². The van der Waals surface area contributed by atoms with E-state index in [9.17, 15) is 9.59 Å². The van der Waals surface area contributed by atoms with Gasteiger partial charge in [0.05, 0.1) is 0 Å². The monoisotopic (exact) mass is 431 g/mol. The van der Waals surface area contributed by atoms with E-state index in [1.165, 1.54) is 11.1 Å². The molecule has 0 aromatic heterocycles. The Hall–Kier alpha value is -2.66. The Labute approximate surface area is 191 Å². The van der Waals surface area contributed by atoms with Gasteiger partial charge in [-0.15, -0.1) is 0 Å². The molecule has 32 heavy (non-hydrogen) atoms. The molecule has 0 N–H and O–H groups in total. The number of piperidine rings is 1. The molecule has 0 bridgehead atoms. The van der Waals surface area contributed by atoms with Gasteiger partial charge >= 0.3 is 0 Å². The zero-order valence-corrected chi connectivity index (χ0v) is 19.0. The summed E-state index contributed by atoms with van der Waals surface area (Å²) in [5.74, 6) is 0.590. The van der Waals surface area contributed by atoms with Crippen molar-refractivity contribution in [3.8, 4) is 0 Å². The van der Waals surface area contributed by atoms with Crippen LogP contribution in [0, 0.1) is 5.92 Å². The Kier molecular flexibility index (Phi) is 6.01. The van der Waals surface area contributed by atoms with Crippen molar-refractivity contribution in [1.82, 2.24) is 4.90 Å². The van der Waals surface area contributed by atoms with E-state index in [1.54, 1.807) is 6.92 Å². The molecule has 2 aromatic rings. The number of likely N-dealkylation sites (tertiary alicyclic amines) is 1. The molecule has 3 aliphatic rings. The van der Waals surface area contributed by atoms with E-state index >= 15 is 0 Å². The maximum atomic E-state index is 13.3. The Morgan fingerprint density at radius 2 is 1.72 bits per heavy atom. The van der Waals surface area contributed by atoms with Crippen LogP contribution in [0.3, 0.4) is 0 Å². The third kappa shape index (κ3) is 4.44.